The summed E-state index contributed by atoms with van der Waals surface area (Å²) in [5.41, 5.74) is 8.57. The maximum absolute atomic E-state index is 12.2. The van der Waals surface area contributed by atoms with E-state index in [1.54, 1.807) is 11.3 Å². The van der Waals surface area contributed by atoms with E-state index in [9.17, 15) is 4.79 Å². The number of hydrogen-bond acceptors (Lipinski definition) is 3. The summed E-state index contributed by atoms with van der Waals surface area (Å²) in [6.45, 7) is 2.72. The standard InChI is InChI=1S/C14H22N2OS/c1-10-8-18-9-11(10)7-16-14(17)12-5-3-2-4-6-13(12)15/h8-9,12-13H,2-7,15H2,1H3,(H,16,17). The molecule has 1 saturated carbocycles. The van der Waals surface area contributed by atoms with Crippen LogP contribution in [0.25, 0.3) is 0 Å². The van der Waals surface area contributed by atoms with Gasteiger partial charge in [-0.2, -0.15) is 11.3 Å². The van der Waals surface area contributed by atoms with Gasteiger partial charge in [-0.3, -0.25) is 4.79 Å². The zero-order chi connectivity index (χ0) is 13.0. The van der Waals surface area contributed by atoms with E-state index in [1.165, 1.54) is 17.5 Å². The van der Waals surface area contributed by atoms with Crippen molar-refractivity contribution in [1.29, 1.82) is 0 Å². The van der Waals surface area contributed by atoms with Crippen LogP contribution in [-0.2, 0) is 11.3 Å². The summed E-state index contributed by atoms with van der Waals surface area (Å²) in [6.07, 6.45) is 5.42. The Hall–Kier alpha value is -0.870. The normalized spacial score (nSPS) is 24.6. The lowest BCUT2D eigenvalue weighted by Gasteiger charge is -2.20. The molecule has 18 heavy (non-hydrogen) atoms. The number of rotatable bonds is 3. The molecule has 1 heterocycles. The van der Waals surface area contributed by atoms with E-state index < -0.39 is 0 Å². The summed E-state index contributed by atoms with van der Waals surface area (Å²) in [5.74, 6) is 0.140. The second kappa shape index (κ2) is 6.34. The average Bonchev–Trinajstić information content (AvgIpc) is 2.63. The summed E-state index contributed by atoms with van der Waals surface area (Å²) in [6, 6.07) is 0.0380. The van der Waals surface area contributed by atoms with Gasteiger partial charge in [0.25, 0.3) is 0 Å². The molecular weight excluding hydrogens is 244 g/mol. The summed E-state index contributed by atoms with van der Waals surface area (Å²) in [7, 11) is 0. The molecule has 0 aromatic carbocycles. The molecule has 0 radical (unpaired) electrons. The monoisotopic (exact) mass is 266 g/mol. The highest BCUT2D eigenvalue weighted by Crippen LogP contribution is 2.22. The molecule has 2 rings (SSSR count). The van der Waals surface area contributed by atoms with Crippen molar-refractivity contribution >= 4 is 17.2 Å². The maximum atomic E-state index is 12.2. The maximum Gasteiger partial charge on any atom is 0.224 e. The van der Waals surface area contributed by atoms with Gasteiger partial charge < -0.3 is 11.1 Å². The Morgan fingerprint density at radius 3 is 2.89 bits per heavy atom. The number of carbonyl (C=O) groups excluding carboxylic acids is 1. The molecule has 1 fully saturated rings. The predicted octanol–water partition coefficient (Wildman–Crippen LogP) is 2.58. The van der Waals surface area contributed by atoms with Crippen LogP contribution in [0.3, 0.4) is 0 Å². The second-order valence-corrected chi connectivity index (χ2v) is 5.95. The number of aryl methyl sites for hydroxylation is 1. The van der Waals surface area contributed by atoms with E-state index in [1.807, 2.05) is 0 Å². The third-order valence-electron chi connectivity index (χ3n) is 3.82. The zero-order valence-corrected chi connectivity index (χ0v) is 11.8. The van der Waals surface area contributed by atoms with E-state index >= 15 is 0 Å². The number of hydrogen-bond donors (Lipinski definition) is 2. The van der Waals surface area contributed by atoms with Gasteiger partial charge in [-0.1, -0.05) is 19.3 Å². The van der Waals surface area contributed by atoms with Crippen LogP contribution >= 0.6 is 11.3 Å². The number of nitrogens with one attached hydrogen (secondary N) is 1. The van der Waals surface area contributed by atoms with Crippen LogP contribution < -0.4 is 11.1 Å². The van der Waals surface area contributed by atoms with Gasteiger partial charge in [0.1, 0.15) is 0 Å². The van der Waals surface area contributed by atoms with Crippen molar-refractivity contribution in [3.63, 3.8) is 0 Å². The van der Waals surface area contributed by atoms with E-state index in [4.69, 9.17) is 5.73 Å². The first-order valence-electron chi connectivity index (χ1n) is 6.73. The molecular formula is C14H22N2OS. The molecule has 3 N–H and O–H groups in total. The predicted molar refractivity (Wildman–Crippen MR) is 75.5 cm³/mol. The van der Waals surface area contributed by atoms with Gasteiger partial charge >= 0.3 is 0 Å². The average molecular weight is 266 g/mol. The highest BCUT2D eigenvalue weighted by Gasteiger charge is 2.26. The van der Waals surface area contributed by atoms with Gasteiger partial charge in [0.15, 0.2) is 0 Å². The van der Waals surface area contributed by atoms with E-state index in [0.717, 1.165) is 25.7 Å². The van der Waals surface area contributed by atoms with Gasteiger partial charge in [-0.05, 0) is 41.7 Å². The Morgan fingerprint density at radius 2 is 2.17 bits per heavy atom. The molecule has 3 nitrogen and oxygen atoms in total. The van der Waals surface area contributed by atoms with Crippen LogP contribution in [0.2, 0.25) is 0 Å². The van der Waals surface area contributed by atoms with Gasteiger partial charge in [0, 0.05) is 12.6 Å². The van der Waals surface area contributed by atoms with Crippen molar-refractivity contribution in [2.45, 2.75) is 51.6 Å². The molecule has 2 unspecified atom stereocenters. The molecule has 0 spiro atoms. The Labute approximate surface area is 113 Å². The summed E-state index contributed by atoms with van der Waals surface area (Å²) in [4.78, 5) is 12.2. The topological polar surface area (TPSA) is 55.1 Å². The Morgan fingerprint density at radius 1 is 1.39 bits per heavy atom. The van der Waals surface area contributed by atoms with E-state index in [0.29, 0.717) is 6.54 Å². The SMILES string of the molecule is Cc1cscc1CNC(=O)C1CCCCCC1N. The molecule has 1 aromatic rings. The fourth-order valence-electron chi connectivity index (χ4n) is 2.54. The molecule has 0 saturated heterocycles. The third kappa shape index (κ3) is 3.33. The smallest absolute Gasteiger partial charge is 0.224 e. The summed E-state index contributed by atoms with van der Waals surface area (Å²) < 4.78 is 0. The van der Waals surface area contributed by atoms with Crippen molar-refractivity contribution in [3.05, 3.63) is 21.9 Å². The molecule has 0 aliphatic heterocycles. The van der Waals surface area contributed by atoms with Gasteiger partial charge in [0.2, 0.25) is 5.91 Å². The van der Waals surface area contributed by atoms with E-state index in [-0.39, 0.29) is 17.9 Å². The van der Waals surface area contributed by atoms with Crippen LogP contribution in [0.4, 0.5) is 0 Å². The third-order valence-corrected chi connectivity index (χ3v) is 4.73. The largest absolute Gasteiger partial charge is 0.352 e. The lowest BCUT2D eigenvalue weighted by atomic mass is 9.94. The highest BCUT2D eigenvalue weighted by atomic mass is 32.1. The molecule has 1 amide bonds. The molecule has 0 bridgehead atoms. The summed E-state index contributed by atoms with van der Waals surface area (Å²) >= 11 is 1.68. The molecule has 1 aromatic heterocycles. The van der Waals surface area contributed by atoms with Crippen molar-refractivity contribution in [1.82, 2.24) is 5.32 Å². The number of nitrogens with two attached hydrogens (primary N) is 1. The first-order chi connectivity index (χ1) is 8.68. The van der Waals surface area contributed by atoms with Crippen molar-refractivity contribution < 1.29 is 4.79 Å². The number of thiophene rings is 1. The minimum atomic E-state index is 0.00596. The van der Waals surface area contributed by atoms with Crippen molar-refractivity contribution in [2.24, 2.45) is 11.7 Å². The van der Waals surface area contributed by atoms with Crippen LogP contribution in [-0.4, -0.2) is 11.9 Å². The molecule has 1 aliphatic carbocycles. The fourth-order valence-corrected chi connectivity index (χ4v) is 3.40. The Kier molecular flexibility index (Phi) is 4.78. The van der Waals surface area contributed by atoms with Crippen molar-refractivity contribution in [2.75, 3.05) is 0 Å². The van der Waals surface area contributed by atoms with Gasteiger partial charge in [-0.15, -0.1) is 0 Å². The first kappa shape index (κ1) is 13.6. The first-order valence-corrected chi connectivity index (χ1v) is 7.67. The van der Waals surface area contributed by atoms with Crippen molar-refractivity contribution in [3.8, 4) is 0 Å². The fraction of sp³-hybridized carbons (Fsp3) is 0.643. The molecule has 1 aliphatic rings. The van der Waals surface area contributed by atoms with E-state index in [2.05, 4.69) is 23.0 Å². The molecule has 100 valence electrons. The van der Waals surface area contributed by atoms with Crippen LogP contribution in [0, 0.1) is 12.8 Å². The lowest BCUT2D eigenvalue weighted by Crippen LogP contribution is -2.41. The second-order valence-electron chi connectivity index (χ2n) is 5.21. The summed E-state index contributed by atoms with van der Waals surface area (Å²) in [5, 5.41) is 7.25. The minimum Gasteiger partial charge on any atom is -0.352 e. The van der Waals surface area contributed by atoms with Crippen LogP contribution in [0.5, 0.6) is 0 Å². The number of carbonyl (C=O) groups is 1. The number of amides is 1. The van der Waals surface area contributed by atoms with Gasteiger partial charge in [-0.25, -0.2) is 0 Å². The Balaban J connectivity index is 1.88. The van der Waals surface area contributed by atoms with Crippen LogP contribution in [0.15, 0.2) is 10.8 Å². The van der Waals surface area contributed by atoms with Gasteiger partial charge in [0.05, 0.1) is 5.92 Å². The highest BCUT2D eigenvalue weighted by molar-refractivity contribution is 7.08. The minimum absolute atomic E-state index is 0.00596. The zero-order valence-electron chi connectivity index (χ0n) is 10.9. The lowest BCUT2D eigenvalue weighted by molar-refractivity contribution is -0.126. The van der Waals surface area contributed by atoms with Crippen LogP contribution in [0.1, 0.15) is 43.2 Å². The molecule has 2 atom stereocenters. The molecule has 4 heteroatoms. The Bertz CT molecular complexity index is 402. The quantitative estimate of drug-likeness (QED) is 0.826.